The summed E-state index contributed by atoms with van der Waals surface area (Å²) in [5.74, 6) is 4.21. The molecule has 0 amide bonds. The molecule has 3 heteroatoms. The molecule has 32 heavy (non-hydrogen) atoms. The van der Waals surface area contributed by atoms with Crippen LogP contribution in [0.2, 0.25) is 0 Å². The summed E-state index contributed by atoms with van der Waals surface area (Å²) < 4.78 is 0. The summed E-state index contributed by atoms with van der Waals surface area (Å²) in [7, 11) is 0. The predicted molar refractivity (Wildman–Crippen MR) is 131 cm³/mol. The molecule has 3 saturated carbocycles. The molecule has 8 atom stereocenters. The van der Waals surface area contributed by atoms with Crippen molar-refractivity contribution in [3.05, 3.63) is 0 Å². The largest absolute Gasteiger partial charge is 0.481 e. The molecule has 3 aliphatic rings. The van der Waals surface area contributed by atoms with Crippen LogP contribution in [-0.2, 0) is 9.59 Å². The molecule has 0 saturated heterocycles. The van der Waals surface area contributed by atoms with Crippen LogP contribution in [0.4, 0.5) is 0 Å². The van der Waals surface area contributed by atoms with E-state index in [9.17, 15) is 14.7 Å². The minimum absolute atomic E-state index is 0.126. The SMILES string of the molecule is CCCC1CC(=O)C(C)(CCC(=O)O)C2CCC3(C)C(C(C)CCCC(C)C)CCC3C12. The molecule has 3 fully saturated rings. The van der Waals surface area contributed by atoms with E-state index in [1.807, 2.05) is 0 Å². The number of aliphatic carboxylic acids is 1. The zero-order chi connectivity index (χ0) is 23.7. The van der Waals surface area contributed by atoms with Gasteiger partial charge in [0.15, 0.2) is 0 Å². The van der Waals surface area contributed by atoms with Gasteiger partial charge in [-0.05, 0) is 85.4 Å². The number of carboxylic acid groups (broad SMARTS) is 1. The van der Waals surface area contributed by atoms with Gasteiger partial charge < -0.3 is 5.11 Å². The summed E-state index contributed by atoms with van der Waals surface area (Å²) in [6.45, 7) is 14.2. The van der Waals surface area contributed by atoms with Crippen LogP contribution in [-0.4, -0.2) is 16.9 Å². The molecule has 0 radical (unpaired) electrons. The van der Waals surface area contributed by atoms with E-state index >= 15 is 0 Å². The maximum absolute atomic E-state index is 13.4. The first-order chi connectivity index (χ1) is 15.0. The zero-order valence-electron chi connectivity index (χ0n) is 21.8. The van der Waals surface area contributed by atoms with Gasteiger partial charge in [0.05, 0.1) is 0 Å². The van der Waals surface area contributed by atoms with Gasteiger partial charge >= 0.3 is 5.97 Å². The van der Waals surface area contributed by atoms with E-state index in [2.05, 4.69) is 41.5 Å². The summed E-state index contributed by atoms with van der Waals surface area (Å²) in [4.78, 5) is 24.8. The number of fused-ring (bicyclic) bond motifs is 3. The number of rotatable bonds is 10. The summed E-state index contributed by atoms with van der Waals surface area (Å²) in [5.41, 5.74) is -0.0336. The molecule has 0 heterocycles. The Balaban J connectivity index is 1.83. The summed E-state index contributed by atoms with van der Waals surface area (Å²) in [6, 6.07) is 0. The van der Waals surface area contributed by atoms with Gasteiger partial charge in [0, 0.05) is 18.3 Å². The fourth-order valence-corrected chi connectivity index (χ4v) is 8.79. The van der Waals surface area contributed by atoms with Crippen LogP contribution >= 0.6 is 0 Å². The molecule has 0 aromatic heterocycles. The minimum Gasteiger partial charge on any atom is -0.481 e. The monoisotopic (exact) mass is 446 g/mol. The predicted octanol–water partition coefficient (Wildman–Crippen LogP) is 7.77. The highest BCUT2D eigenvalue weighted by Gasteiger charge is 2.62. The fourth-order valence-electron chi connectivity index (χ4n) is 8.79. The Kier molecular flexibility index (Phi) is 8.19. The molecule has 184 valence electrons. The lowest BCUT2D eigenvalue weighted by Crippen LogP contribution is -2.55. The van der Waals surface area contributed by atoms with Crippen LogP contribution < -0.4 is 0 Å². The van der Waals surface area contributed by atoms with Crippen molar-refractivity contribution >= 4 is 11.8 Å². The quantitative estimate of drug-likeness (QED) is 0.373. The van der Waals surface area contributed by atoms with Crippen LogP contribution in [0.1, 0.15) is 119 Å². The lowest BCUT2D eigenvalue weighted by molar-refractivity contribution is -0.155. The van der Waals surface area contributed by atoms with Gasteiger partial charge in [-0.15, -0.1) is 0 Å². The van der Waals surface area contributed by atoms with Crippen LogP contribution in [0.15, 0.2) is 0 Å². The lowest BCUT2D eigenvalue weighted by Gasteiger charge is -2.59. The van der Waals surface area contributed by atoms with E-state index in [1.165, 1.54) is 38.5 Å². The van der Waals surface area contributed by atoms with Gasteiger partial charge in [-0.3, -0.25) is 9.59 Å². The Morgan fingerprint density at radius 3 is 2.44 bits per heavy atom. The molecule has 8 unspecified atom stereocenters. The Bertz CT molecular complexity index is 669. The first kappa shape index (κ1) is 25.8. The molecule has 0 aliphatic heterocycles. The van der Waals surface area contributed by atoms with Crippen molar-refractivity contribution in [1.29, 1.82) is 0 Å². The fraction of sp³-hybridized carbons (Fsp3) is 0.931. The topological polar surface area (TPSA) is 54.4 Å². The second-order valence-electron chi connectivity index (χ2n) is 12.8. The van der Waals surface area contributed by atoms with E-state index in [4.69, 9.17) is 0 Å². The van der Waals surface area contributed by atoms with Crippen molar-refractivity contribution < 1.29 is 14.7 Å². The highest BCUT2D eigenvalue weighted by atomic mass is 16.4. The highest BCUT2D eigenvalue weighted by molar-refractivity contribution is 5.86. The van der Waals surface area contributed by atoms with Crippen molar-refractivity contribution in [1.82, 2.24) is 0 Å². The number of carboxylic acids is 1. The zero-order valence-corrected chi connectivity index (χ0v) is 21.8. The number of ketones is 1. The van der Waals surface area contributed by atoms with Crippen LogP contribution in [0, 0.1) is 52.3 Å². The summed E-state index contributed by atoms with van der Waals surface area (Å²) in [5, 5.41) is 9.36. The molecule has 1 N–H and O–H groups in total. The van der Waals surface area contributed by atoms with Crippen LogP contribution in [0.25, 0.3) is 0 Å². The van der Waals surface area contributed by atoms with E-state index in [-0.39, 0.29) is 6.42 Å². The lowest BCUT2D eigenvalue weighted by atomic mass is 9.45. The Morgan fingerprint density at radius 2 is 1.81 bits per heavy atom. The third-order valence-corrected chi connectivity index (χ3v) is 10.5. The number of hydrogen-bond donors (Lipinski definition) is 1. The van der Waals surface area contributed by atoms with E-state index < -0.39 is 11.4 Å². The standard InChI is InChI=1S/C29H50O3/c1-7-9-21-18-25(30)29(6,17-15-26(31)32)24-14-16-28(5)22(12-13-23(28)27(21)24)20(4)11-8-10-19(2)3/h19-24,27H,7-18H2,1-6H3,(H,31,32). The van der Waals surface area contributed by atoms with Crippen molar-refractivity contribution in [3.8, 4) is 0 Å². The number of carbonyl (C=O) groups excluding carboxylic acids is 1. The maximum atomic E-state index is 13.4. The van der Waals surface area contributed by atoms with Crippen molar-refractivity contribution in [2.75, 3.05) is 0 Å². The average molecular weight is 447 g/mol. The van der Waals surface area contributed by atoms with Gasteiger partial charge in [0.2, 0.25) is 0 Å². The molecular formula is C29H50O3. The van der Waals surface area contributed by atoms with E-state index in [1.54, 1.807) is 0 Å². The number of carbonyl (C=O) groups is 2. The molecule has 0 aromatic carbocycles. The number of Topliss-reactive ketones (excluding diaryl/α,β-unsaturated/α-hetero) is 1. The van der Waals surface area contributed by atoms with Gasteiger partial charge in [-0.25, -0.2) is 0 Å². The van der Waals surface area contributed by atoms with Gasteiger partial charge in [-0.1, -0.05) is 67.2 Å². The highest BCUT2D eigenvalue weighted by Crippen LogP contribution is 2.67. The normalized spacial score (nSPS) is 40.2. The minimum atomic E-state index is -0.761. The van der Waals surface area contributed by atoms with Crippen molar-refractivity contribution in [2.24, 2.45) is 52.3 Å². The van der Waals surface area contributed by atoms with E-state index in [0.717, 1.165) is 37.0 Å². The van der Waals surface area contributed by atoms with Crippen LogP contribution in [0.3, 0.4) is 0 Å². The third kappa shape index (κ3) is 4.83. The average Bonchev–Trinajstić information content (AvgIpc) is 3.07. The molecule has 3 aliphatic carbocycles. The summed E-state index contributed by atoms with van der Waals surface area (Å²) in [6.07, 6.45) is 12.7. The molecule has 0 bridgehead atoms. The van der Waals surface area contributed by atoms with Gasteiger partial charge in [0.25, 0.3) is 0 Å². The van der Waals surface area contributed by atoms with Crippen LogP contribution in [0.5, 0.6) is 0 Å². The second-order valence-corrected chi connectivity index (χ2v) is 12.8. The molecule has 0 spiro atoms. The maximum Gasteiger partial charge on any atom is 0.303 e. The van der Waals surface area contributed by atoms with Gasteiger partial charge in [-0.2, -0.15) is 0 Å². The molecule has 3 rings (SSSR count). The Hall–Kier alpha value is -0.860. The third-order valence-electron chi connectivity index (χ3n) is 10.5. The molecule has 0 aromatic rings. The molecular weight excluding hydrogens is 396 g/mol. The van der Waals surface area contributed by atoms with Crippen molar-refractivity contribution in [3.63, 3.8) is 0 Å². The van der Waals surface area contributed by atoms with Gasteiger partial charge in [0.1, 0.15) is 5.78 Å². The first-order valence-electron chi connectivity index (χ1n) is 13.8. The smallest absolute Gasteiger partial charge is 0.303 e. The number of hydrogen-bond acceptors (Lipinski definition) is 2. The van der Waals surface area contributed by atoms with E-state index in [0.29, 0.717) is 47.7 Å². The van der Waals surface area contributed by atoms with Crippen molar-refractivity contribution in [2.45, 2.75) is 119 Å². The Morgan fingerprint density at radius 1 is 1.09 bits per heavy atom. The first-order valence-corrected chi connectivity index (χ1v) is 13.8. The molecule has 3 nitrogen and oxygen atoms in total. The second kappa shape index (κ2) is 10.2. The Labute approximate surface area is 197 Å². The summed E-state index contributed by atoms with van der Waals surface area (Å²) >= 11 is 0.